The van der Waals surface area contributed by atoms with E-state index in [1.165, 1.54) is 0 Å². The third kappa shape index (κ3) is 3.95. The molecule has 0 radical (unpaired) electrons. The van der Waals surface area contributed by atoms with Gasteiger partial charge in [0.05, 0.1) is 32.9 Å². The maximum atomic E-state index is 10.5. The summed E-state index contributed by atoms with van der Waals surface area (Å²) >= 11 is 0. The molecule has 0 aliphatic rings. The molecule has 0 fully saturated rings. The number of hydrogen-bond acceptors (Lipinski definition) is 5. The first-order chi connectivity index (χ1) is 10.1. The number of benzene rings is 1. The maximum Gasteiger partial charge on any atom is 0.303 e. The second kappa shape index (κ2) is 6.74. The Morgan fingerprint density at radius 3 is 2.81 bits per heavy atom. The third-order valence-corrected chi connectivity index (χ3v) is 3.00. The summed E-state index contributed by atoms with van der Waals surface area (Å²) < 4.78 is 12.2. The fourth-order valence-electron chi connectivity index (χ4n) is 1.95. The predicted molar refractivity (Wildman–Crippen MR) is 74.6 cm³/mol. The van der Waals surface area contributed by atoms with Crippen LogP contribution in [0.15, 0.2) is 24.4 Å². The number of hydrogen-bond donors (Lipinski definition) is 1. The van der Waals surface area contributed by atoms with E-state index in [2.05, 4.69) is 10.3 Å². The van der Waals surface area contributed by atoms with Crippen molar-refractivity contribution < 1.29 is 19.4 Å². The molecule has 21 heavy (non-hydrogen) atoms. The average molecular weight is 291 g/mol. The molecule has 1 N–H and O–H groups in total. The zero-order valence-electron chi connectivity index (χ0n) is 11.9. The van der Waals surface area contributed by atoms with Crippen molar-refractivity contribution in [2.75, 3.05) is 14.2 Å². The normalized spacial score (nSPS) is 10.4. The van der Waals surface area contributed by atoms with E-state index < -0.39 is 5.97 Å². The number of carboxylic acids is 1. The molecule has 0 atom stereocenters. The first-order valence-corrected chi connectivity index (χ1v) is 6.44. The summed E-state index contributed by atoms with van der Waals surface area (Å²) in [6.07, 6.45) is 2.15. The predicted octanol–water partition coefficient (Wildman–Crippen LogP) is 1.36. The van der Waals surface area contributed by atoms with Crippen molar-refractivity contribution in [2.24, 2.45) is 0 Å². The van der Waals surface area contributed by atoms with Gasteiger partial charge in [-0.05, 0) is 18.2 Å². The number of nitrogens with zero attached hydrogens (tertiary/aromatic N) is 3. The van der Waals surface area contributed by atoms with Crippen molar-refractivity contribution in [3.8, 4) is 11.5 Å². The molecule has 2 rings (SSSR count). The van der Waals surface area contributed by atoms with Crippen LogP contribution in [0.4, 0.5) is 0 Å². The van der Waals surface area contributed by atoms with Crippen molar-refractivity contribution in [3.63, 3.8) is 0 Å². The molecule has 0 aliphatic heterocycles. The zero-order chi connectivity index (χ0) is 15.2. The van der Waals surface area contributed by atoms with Gasteiger partial charge in [-0.3, -0.25) is 4.79 Å². The molecule has 0 saturated heterocycles. The summed E-state index contributed by atoms with van der Waals surface area (Å²) in [5.41, 5.74) is 1.56. The van der Waals surface area contributed by atoms with Crippen molar-refractivity contribution in [3.05, 3.63) is 35.7 Å². The zero-order valence-corrected chi connectivity index (χ0v) is 11.9. The minimum atomic E-state index is -0.848. The molecule has 1 heterocycles. The summed E-state index contributed by atoms with van der Waals surface area (Å²) in [5, 5.41) is 16.6. The van der Waals surface area contributed by atoms with Crippen LogP contribution in [-0.4, -0.2) is 40.3 Å². The highest BCUT2D eigenvalue weighted by Gasteiger charge is 2.09. The summed E-state index contributed by atoms with van der Waals surface area (Å²) in [6, 6.07) is 5.52. The van der Waals surface area contributed by atoms with Gasteiger partial charge in [0.1, 0.15) is 11.5 Å². The van der Waals surface area contributed by atoms with Gasteiger partial charge < -0.3 is 14.6 Å². The van der Waals surface area contributed by atoms with Gasteiger partial charge in [0.25, 0.3) is 0 Å². The molecule has 0 bridgehead atoms. The summed E-state index contributed by atoms with van der Waals surface area (Å²) in [5.74, 6) is 0.620. The number of carboxylic acid groups (broad SMARTS) is 1. The van der Waals surface area contributed by atoms with Gasteiger partial charge in [-0.25, -0.2) is 4.68 Å². The molecule has 1 aromatic carbocycles. The van der Waals surface area contributed by atoms with E-state index in [-0.39, 0.29) is 6.42 Å². The molecule has 2 aromatic rings. The molecule has 112 valence electrons. The van der Waals surface area contributed by atoms with Crippen molar-refractivity contribution in [2.45, 2.75) is 19.4 Å². The monoisotopic (exact) mass is 291 g/mol. The van der Waals surface area contributed by atoms with Crippen LogP contribution in [0.1, 0.15) is 17.7 Å². The van der Waals surface area contributed by atoms with E-state index >= 15 is 0 Å². The molecule has 0 aliphatic carbocycles. The first kappa shape index (κ1) is 14.8. The molecule has 0 spiro atoms. The number of carbonyl (C=O) groups is 1. The average Bonchev–Trinajstić information content (AvgIpc) is 2.92. The van der Waals surface area contributed by atoms with Gasteiger partial charge in [0, 0.05) is 18.2 Å². The number of aromatic nitrogens is 3. The molecular formula is C14H17N3O4. The second-order valence-corrected chi connectivity index (χ2v) is 4.48. The van der Waals surface area contributed by atoms with Gasteiger partial charge in [-0.15, -0.1) is 5.10 Å². The van der Waals surface area contributed by atoms with Gasteiger partial charge in [0.15, 0.2) is 0 Å². The summed E-state index contributed by atoms with van der Waals surface area (Å²) in [4.78, 5) is 10.5. The lowest BCUT2D eigenvalue weighted by Crippen LogP contribution is -2.03. The van der Waals surface area contributed by atoms with Gasteiger partial charge in [-0.1, -0.05) is 5.21 Å². The van der Waals surface area contributed by atoms with Crippen LogP contribution in [0.3, 0.4) is 0 Å². The molecule has 7 heteroatoms. The highest BCUT2D eigenvalue weighted by atomic mass is 16.5. The van der Waals surface area contributed by atoms with E-state index in [1.54, 1.807) is 25.1 Å². The van der Waals surface area contributed by atoms with Crippen LogP contribution in [0.5, 0.6) is 11.5 Å². The highest BCUT2D eigenvalue weighted by Crippen LogP contribution is 2.24. The Bertz CT molecular complexity index is 624. The lowest BCUT2D eigenvalue weighted by Gasteiger charge is -2.10. The molecular weight excluding hydrogens is 274 g/mol. The lowest BCUT2D eigenvalue weighted by molar-refractivity contribution is -0.136. The first-order valence-electron chi connectivity index (χ1n) is 6.44. The van der Waals surface area contributed by atoms with Crippen LogP contribution in [0.2, 0.25) is 0 Å². The summed E-state index contributed by atoms with van der Waals surface area (Å²) in [6.45, 7) is 0.473. The molecule has 7 nitrogen and oxygen atoms in total. The smallest absolute Gasteiger partial charge is 0.303 e. The minimum absolute atomic E-state index is 0.0428. The van der Waals surface area contributed by atoms with Crippen molar-refractivity contribution >= 4 is 5.97 Å². The topological polar surface area (TPSA) is 86.5 Å². The quantitative estimate of drug-likeness (QED) is 0.829. The molecule has 0 saturated carbocycles. The number of methoxy groups -OCH3 is 2. The molecule has 0 amide bonds. The summed E-state index contributed by atoms with van der Waals surface area (Å²) in [7, 11) is 3.20. The van der Waals surface area contributed by atoms with Crippen LogP contribution < -0.4 is 9.47 Å². The number of aliphatic carboxylic acids is 1. The largest absolute Gasteiger partial charge is 0.497 e. The van der Waals surface area contributed by atoms with E-state index in [4.69, 9.17) is 14.6 Å². The standard InChI is InChI=1S/C14H17N3O4/c1-20-12-4-5-13(21-2)10(7-12)8-17-9-11(15-16-17)3-6-14(18)19/h4-5,7,9H,3,6,8H2,1-2H3,(H,18,19). The van der Waals surface area contributed by atoms with Crippen molar-refractivity contribution in [1.29, 1.82) is 0 Å². The Balaban J connectivity index is 2.12. The Hall–Kier alpha value is -2.57. The van der Waals surface area contributed by atoms with E-state index in [1.807, 2.05) is 18.2 Å². The number of ether oxygens (including phenoxy) is 2. The molecule has 0 unspecified atom stereocenters. The Kier molecular flexibility index (Phi) is 4.76. The van der Waals surface area contributed by atoms with Gasteiger partial charge >= 0.3 is 5.97 Å². The Morgan fingerprint density at radius 2 is 2.14 bits per heavy atom. The van der Waals surface area contributed by atoms with E-state index in [9.17, 15) is 4.79 Å². The van der Waals surface area contributed by atoms with Crippen molar-refractivity contribution in [1.82, 2.24) is 15.0 Å². The van der Waals surface area contributed by atoms with Crippen LogP contribution in [0.25, 0.3) is 0 Å². The van der Waals surface area contributed by atoms with Crippen LogP contribution >= 0.6 is 0 Å². The van der Waals surface area contributed by atoms with E-state index in [0.717, 1.165) is 17.1 Å². The minimum Gasteiger partial charge on any atom is -0.497 e. The highest BCUT2D eigenvalue weighted by molar-refractivity contribution is 5.66. The fourth-order valence-corrected chi connectivity index (χ4v) is 1.95. The van der Waals surface area contributed by atoms with Crippen LogP contribution in [-0.2, 0) is 17.8 Å². The Morgan fingerprint density at radius 1 is 1.33 bits per heavy atom. The van der Waals surface area contributed by atoms with E-state index in [0.29, 0.717) is 18.7 Å². The van der Waals surface area contributed by atoms with Crippen LogP contribution in [0, 0.1) is 0 Å². The fraction of sp³-hybridized carbons (Fsp3) is 0.357. The molecule has 1 aromatic heterocycles. The maximum absolute atomic E-state index is 10.5. The third-order valence-electron chi connectivity index (χ3n) is 3.00. The van der Waals surface area contributed by atoms with Gasteiger partial charge in [0.2, 0.25) is 0 Å². The SMILES string of the molecule is COc1ccc(OC)c(Cn2cc(CCC(=O)O)nn2)c1. The Labute approximate surface area is 122 Å². The van der Waals surface area contributed by atoms with Gasteiger partial charge in [-0.2, -0.15) is 0 Å². The number of rotatable bonds is 7. The lowest BCUT2D eigenvalue weighted by atomic mass is 10.2. The number of aryl methyl sites for hydroxylation is 1. The second-order valence-electron chi connectivity index (χ2n) is 4.48.